The van der Waals surface area contributed by atoms with Crippen LogP contribution in [0, 0.1) is 0 Å². The third-order valence-corrected chi connectivity index (χ3v) is 3.06. The molecule has 5 heteroatoms. The summed E-state index contributed by atoms with van der Waals surface area (Å²) in [5.74, 6) is 1.61. The molecule has 0 N–H and O–H groups in total. The summed E-state index contributed by atoms with van der Waals surface area (Å²) in [5, 5.41) is 11.9. The van der Waals surface area contributed by atoms with Gasteiger partial charge in [-0.1, -0.05) is 42.5 Å². The summed E-state index contributed by atoms with van der Waals surface area (Å²) in [6, 6.07) is 17.8. The fourth-order valence-electron chi connectivity index (χ4n) is 2.01. The molecule has 100 valence electrons. The Kier molecular flexibility index (Phi) is 3.41. The lowest BCUT2D eigenvalue weighted by Gasteiger charge is -2.06. The summed E-state index contributed by atoms with van der Waals surface area (Å²) in [6.45, 7) is 0.626. The second-order valence-electron chi connectivity index (χ2n) is 4.37. The molecule has 3 aromatic rings. The number of ether oxygens (including phenoxy) is 1. The van der Waals surface area contributed by atoms with Gasteiger partial charge in [0.15, 0.2) is 5.82 Å². The normalized spacial score (nSPS) is 10.4. The Hall–Kier alpha value is -2.69. The van der Waals surface area contributed by atoms with Crippen LogP contribution >= 0.6 is 0 Å². The summed E-state index contributed by atoms with van der Waals surface area (Å²) in [5.41, 5.74) is 2.13. The minimum absolute atomic E-state index is 0.626. The van der Waals surface area contributed by atoms with Crippen LogP contribution in [0.2, 0.25) is 0 Å². The summed E-state index contributed by atoms with van der Waals surface area (Å²) >= 11 is 0. The maximum Gasteiger partial charge on any atom is 0.182 e. The van der Waals surface area contributed by atoms with Gasteiger partial charge in [-0.25, -0.2) is 4.68 Å². The molecule has 2 aromatic carbocycles. The molecule has 20 heavy (non-hydrogen) atoms. The first-order chi connectivity index (χ1) is 9.86. The second-order valence-corrected chi connectivity index (χ2v) is 4.37. The van der Waals surface area contributed by atoms with Crippen LogP contribution in [0.1, 0.15) is 5.56 Å². The minimum Gasteiger partial charge on any atom is -0.497 e. The highest BCUT2D eigenvalue weighted by Gasteiger charge is 2.08. The van der Waals surface area contributed by atoms with Gasteiger partial charge >= 0.3 is 0 Å². The van der Waals surface area contributed by atoms with E-state index in [-0.39, 0.29) is 0 Å². The van der Waals surface area contributed by atoms with Crippen LogP contribution in [0.25, 0.3) is 11.4 Å². The van der Waals surface area contributed by atoms with Gasteiger partial charge < -0.3 is 4.74 Å². The molecule has 0 unspecified atom stereocenters. The lowest BCUT2D eigenvalue weighted by Crippen LogP contribution is -2.04. The molecule has 0 bridgehead atoms. The third kappa shape index (κ3) is 2.51. The largest absolute Gasteiger partial charge is 0.497 e. The predicted molar refractivity (Wildman–Crippen MR) is 75.3 cm³/mol. The first kappa shape index (κ1) is 12.3. The Morgan fingerprint density at radius 1 is 1.00 bits per heavy atom. The Morgan fingerprint density at radius 2 is 1.75 bits per heavy atom. The zero-order chi connectivity index (χ0) is 13.8. The van der Waals surface area contributed by atoms with Gasteiger partial charge in [-0.2, -0.15) is 0 Å². The lowest BCUT2D eigenvalue weighted by atomic mass is 10.2. The first-order valence-electron chi connectivity index (χ1n) is 6.31. The van der Waals surface area contributed by atoms with Crippen LogP contribution in [0.5, 0.6) is 5.75 Å². The van der Waals surface area contributed by atoms with E-state index in [1.165, 1.54) is 0 Å². The Bertz CT molecular complexity index is 677. The van der Waals surface area contributed by atoms with Gasteiger partial charge in [0.25, 0.3) is 0 Å². The van der Waals surface area contributed by atoms with Crippen LogP contribution in [0.3, 0.4) is 0 Å². The quantitative estimate of drug-likeness (QED) is 0.727. The molecule has 5 nitrogen and oxygen atoms in total. The predicted octanol–water partition coefficient (Wildman–Crippen LogP) is 2.40. The summed E-state index contributed by atoms with van der Waals surface area (Å²) in [7, 11) is 1.66. The molecule has 0 saturated heterocycles. The van der Waals surface area contributed by atoms with Gasteiger partial charge in [-0.3, -0.25) is 0 Å². The first-order valence-corrected chi connectivity index (χ1v) is 6.31. The molecule has 0 radical (unpaired) electrons. The van der Waals surface area contributed by atoms with Crippen molar-refractivity contribution in [1.82, 2.24) is 20.2 Å². The van der Waals surface area contributed by atoms with E-state index in [0.717, 1.165) is 22.7 Å². The molecule has 0 aliphatic carbocycles. The summed E-state index contributed by atoms with van der Waals surface area (Å²) < 4.78 is 6.94. The molecule has 0 amide bonds. The smallest absolute Gasteiger partial charge is 0.182 e. The second kappa shape index (κ2) is 5.52. The number of nitrogens with zero attached hydrogens (tertiary/aromatic N) is 4. The van der Waals surface area contributed by atoms with Gasteiger partial charge in [0.05, 0.1) is 13.7 Å². The number of aromatic nitrogens is 4. The average molecular weight is 266 g/mol. The zero-order valence-corrected chi connectivity index (χ0v) is 11.1. The van der Waals surface area contributed by atoms with Crippen molar-refractivity contribution in [2.24, 2.45) is 0 Å². The Morgan fingerprint density at radius 3 is 2.45 bits per heavy atom. The highest BCUT2D eigenvalue weighted by atomic mass is 16.5. The van der Waals surface area contributed by atoms with Crippen molar-refractivity contribution in [3.63, 3.8) is 0 Å². The van der Waals surface area contributed by atoms with Crippen molar-refractivity contribution in [3.8, 4) is 17.1 Å². The Balaban J connectivity index is 1.86. The van der Waals surface area contributed by atoms with E-state index in [1.807, 2.05) is 54.6 Å². The van der Waals surface area contributed by atoms with Gasteiger partial charge in [0.1, 0.15) is 5.75 Å². The summed E-state index contributed by atoms with van der Waals surface area (Å²) in [4.78, 5) is 0. The minimum atomic E-state index is 0.626. The number of tetrazole rings is 1. The highest BCUT2D eigenvalue weighted by molar-refractivity contribution is 5.54. The molecule has 0 atom stereocenters. The van der Waals surface area contributed by atoms with E-state index >= 15 is 0 Å². The van der Waals surface area contributed by atoms with Crippen molar-refractivity contribution >= 4 is 0 Å². The van der Waals surface area contributed by atoms with Gasteiger partial charge in [0.2, 0.25) is 0 Å². The van der Waals surface area contributed by atoms with E-state index in [0.29, 0.717) is 6.54 Å². The molecule has 0 spiro atoms. The van der Waals surface area contributed by atoms with Crippen molar-refractivity contribution in [1.29, 1.82) is 0 Å². The highest BCUT2D eigenvalue weighted by Crippen LogP contribution is 2.17. The number of hydrogen-bond acceptors (Lipinski definition) is 4. The Labute approximate surface area is 116 Å². The number of benzene rings is 2. The molecule has 0 aliphatic rings. The SMILES string of the molecule is COc1ccc(Cn2nnnc2-c2ccccc2)cc1. The van der Waals surface area contributed by atoms with Gasteiger partial charge in [-0.05, 0) is 28.1 Å². The van der Waals surface area contributed by atoms with Crippen LogP contribution in [0.4, 0.5) is 0 Å². The number of rotatable bonds is 4. The lowest BCUT2D eigenvalue weighted by molar-refractivity contribution is 0.414. The molecule has 1 heterocycles. The fourth-order valence-corrected chi connectivity index (χ4v) is 2.01. The molecular weight excluding hydrogens is 252 g/mol. The third-order valence-electron chi connectivity index (χ3n) is 3.06. The molecule has 0 saturated carbocycles. The molecule has 0 fully saturated rings. The molecular formula is C15H14N4O. The molecule has 0 aliphatic heterocycles. The summed E-state index contributed by atoms with van der Waals surface area (Å²) in [6.07, 6.45) is 0. The maximum atomic E-state index is 5.15. The van der Waals surface area contributed by atoms with E-state index in [4.69, 9.17) is 4.74 Å². The van der Waals surface area contributed by atoms with Crippen molar-refractivity contribution in [3.05, 3.63) is 60.2 Å². The average Bonchev–Trinajstić information content (AvgIpc) is 2.97. The van der Waals surface area contributed by atoms with E-state index in [9.17, 15) is 0 Å². The van der Waals surface area contributed by atoms with E-state index < -0.39 is 0 Å². The van der Waals surface area contributed by atoms with Gasteiger partial charge in [-0.15, -0.1) is 5.10 Å². The van der Waals surface area contributed by atoms with E-state index in [2.05, 4.69) is 15.5 Å². The van der Waals surface area contributed by atoms with Crippen LogP contribution < -0.4 is 4.74 Å². The maximum absolute atomic E-state index is 5.15. The van der Waals surface area contributed by atoms with Crippen molar-refractivity contribution in [2.75, 3.05) is 7.11 Å². The zero-order valence-electron chi connectivity index (χ0n) is 11.1. The standard InChI is InChI=1S/C15H14N4O/c1-20-14-9-7-12(8-10-14)11-19-15(16-17-18-19)13-5-3-2-4-6-13/h2-10H,11H2,1H3. The van der Waals surface area contributed by atoms with Crippen molar-refractivity contribution < 1.29 is 4.74 Å². The van der Waals surface area contributed by atoms with Gasteiger partial charge in [0, 0.05) is 5.56 Å². The van der Waals surface area contributed by atoms with Crippen LogP contribution in [-0.2, 0) is 6.54 Å². The van der Waals surface area contributed by atoms with Crippen LogP contribution in [0.15, 0.2) is 54.6 Å². The van der Waals surface area contributed by atoms with Crippen molar-refractivity contribution in [2.45, 2.75) is 6.54 Å². The fraction of sp³-hybridized carbons (Fsp3) is 0.133. The number of hydrogen-bond donors (Lipinski definition) is 0. The molecule has 3 rings (SSSR count). The number of methoxy groups -OCH3 is 1. The molecule has 1 aromatic heterocycles. The topological polar surface area (TPSA) is 52.8 Å². The monoisotopic (exact) mass is 266 g/mol. The van der Waals surface area contributed by atoms with E-state index in [1.54, 1.807) is 11.8 Å². The van der Waals surface area contributed by atoms with Crippen LogP contribution in [-0.4, -0.2) is 27.3 Å².